The van der Waals surface area contributed by atoms with Gasteiger partial charge in [-0.15, -0.1) is 0 Å². The number of hydrogen-bond donors (Lipinski definition) is 0. The number of fused-ring (bicyclic) bond motifs is 3. The summed E-state index contributed by atoms with van der Waals surface area (Å²) in [6, 6.07) is 17.5. The highest BCUT2D eigenvalue weighted by Crippen LogP contribution is 2.32. The van der Waals surface area contributed by atoms with E-state index in [0.29, 0.717) is 0 Å². The fourth-order valence-electron chi connectivity index (χ4n) is 2.88. The van der Waals surface area contributed by atoms with Gasteiger partial charge in [-0.25, -0.2) is 0 Å². The maximum atomic E-state index is 5.51. The SMILES string of the molecule is CCOCCN1Cc2ccccc2-c2ccccc2C1. The molecule has 0 aliphatic carbocycles. The van der Waals surface area contributed by atoms with Gasteiger partial charge < -0.3 is 4.74 Å². The van der Waals surface area contributed by atoms with Gasteiger partial charge in [-0.3, -0.25) is 4.90 Å². The van der Waals surface area contributed by atoms with Crippen LogP contribution in [0.15, 0.2) is 48.5 Å². The summed E-state index contributed by atoms with van der Waals surface area (Å²) in [5.74, 6) is 0. The quantitative estimate of drug-likeness (QED) is 0.783. The summed E-state index contributed by atoms with van der Waals surface area (Å²) >= 11 is 0. The molecule has 2 aromatic rings. The minimum Gasteiger partial charge on any atom is -0.380 e. The third-order valence-electron chi connectivity index (χ3n) is 3.87. The van der Waals surface area contributed by atoms with Crippen LogP contribution >= 0.6 is 0 Å². The molecule has 0 amide bonds. The molecule has 1 aliphatic heterocycles. The van der Waals surface area contributed by atoms with Crippen LogP contribution in [0.1, 0.15) is 18.1 Å². The van der Waals surface area contributed by atoms with E-state index in [1.807, 2.05) is 6.92 Å². The molecule has 0 N–H and O–H groups in total. The van der Waals surface area contributed by atoms with Crippen molar-refractivity contribution in [3.63, 3.8) is 0 Å². The van der Waals surface area contributed by atoms with Gasteiger partial charge in [0.05, 0.1) is 6.61 Å². The van der Waals surface area contributed by atoms with Crippen LogP contribution in [0, 0.1) is 0 Å². The third kappa shape index (κ3) is 2.77. The molecule has 1 heterocycles. The van der Waals surface area contributed by atoms with Crippen LogP contribution < -0.4 is 0 Å². The summed E-state index contributed by atoms with van der Waals surface area (Å²) < 4.78 is 5.51. The first-order chi connectivity index (χ1) is 9.88. The molecule has 20 heavy (non-hydrogen) atoms. The van der Waals surface area contributed by atoms with Crippen molar-refractivity contribution in [1.82, 2.24) is 4.90 Å². The van der Waals surface area contributed by atoms with Gasteiger partial charge in [-0.2, -0.15) is 0 Å². The number of ether oxygens (including phenoxy) is 1. The first-order valence-corrected chi connectivity index (χ1v) is 7.34. The molecule has 2 nitrogen and oxygen atoms in total. The predicted molar refractivity (Wildman–Crippen MR) is 82.5 cm³/mol. The van der Waals surface area contributed by atoms with Gasteiger partial charge in [0, 0.05) is 26.2 Å². The van der Waals surface area contributed by atoms with E-state index in [1.54, 1.807) is 0 Å². The van der Waals surface area contributed by atoms with Gasteiger partial charge in [-0.05, 0) is 29.2 Å². The van der Waals surface area contributed by atoms with Crippen LogP contribution in [-0.4, -0.2) is 24.7 Å². The zero-order valence-corrected chi connectivity index (χ0v) is 12.0. The molecule has 0 saturated heterocycles. The lowest BCUT2D eigenvalue weighted by Gasteiger charge is -2.20. The highest BCUT2D eigenvalue weighted by atomic mass is 16.5. The number of rotatable bonds is 4. The Kier molecular flexibility index (Phi) is 4.14. The average molecular weight is 267 g/mol. The zero-order chi connectivity index (χ0) is 13.8. The van der Waals surface area contributed by atoms with Crippen molar-refractivity contribution < 1.29 is 4.74 Å². The molecular weight excluding hydrogens is 246 g/mol. The largest absolute Gasteiger partial charge is 0.380 e. The van der Waals surface area contributed by atoms with Gasteiger partial charge in [-0.1, -0.05) is 48.5 Å². The smallest absolute Gasteiger partial charge is 0.0593 e. The second-order valence-corrected chi connectivity index (χ2v) is 5.22. The molecule has 0 fully saturated rings. The second-order valence-electron chi connectivity index (χ2n) is 5.22. The number of benzene rings is 2. The van der Waals surface area contributed by atoms with Gasteiger partial charge in [0.25, 0.3) is 0 Å². The minimum absolute atomic E-state index is 0.793. The van der Waals surface area contributed by atoms with Crippen LogP contribution in [0.25, 0.3) is 11.1 Å². The predicted octanol–water partition coefficient (Wildman–Crippen LogP) is 3.71. The first kappa shape index (κ1) is 13.3. The molecule has 0 unspecified atom stereocenters. The fourth-order valence-corrected chi connectivity index (χ4v) is 2.88. The maximum absolute atomic E-state index is 5.51. The third-order valence-corrected chi connectivity index (χ3v) is 3.87. The van der Waals surface area contributed by atoms with Gasteiger partial charge in [0.15, 0.2) is 0 Å². The molecular formula is C18H21NO. The van der Waals surface area contributed by atoms with E-state index in [4.69, 9.17) is 4.74 Å². The van der Waals surface area contributed by atoms with Crippen molar-refractivity contribution in [3.05, 3.63) is 59.7 Å². The Morgan fingerprint density at radius 1 is 0.900 bits per heavy atom. The number of hydrogen-bond acceptors (Lipinski definition) is 2. The van der Waals surface area contributed by atoms with Crippen molar-refractivity contribution in [2.24, 2.45) is 0 Å². The fraction of sp³-hybridized carbons (Fsp3) is 0.333. The van der Waals surface area contributed by atoms with Crippen molar-refractivity contribution in [2.45, 2.75) is 20.0 Å². The van der Waals surface area contributed by atoms with Crippen LogP contribution in [0.3, 0.4) is 0 Å². The Morgan fingerprint density at radius 2 is 1.45 bits per heavy atom. The summed E-state index contributed by atoms with van der Waals surface area (Å²) in [7, 11) is 0. The van der Waals surface area contributed by atoms with E-state index in [0.717, 1.165) is 32.8 Å². The Labute approximate surface area is 121 Å². The van der Waals surface area contributed by atoms with Crippen molar-refractivity contribution in [1.29, 1.82) is 0 Å². The molecule has 2 aromatic carbocycles. The van der Waals surface area contributed by atoms with Gasteiger partial charge >= 0.3 is 0 Å². The molecule has 1 aliphatic rings. The molecule has 0 aromatic heterocycles. The molecule has 0 saturated carbocycles. The van der Waals surface area contributed by atoms with Crippen molar-refractivity contribution in [2.75, 3.05) is 19.8 Å². The summed E-state index contributed by atoms with van der Waals surface area (Å²) in [6.45, 7) is 6.63. The van der Waals surface area contributed by atoms with E-state index in [-0.39, 0.29) is 0 Å². The normalized spacial score (nSPS) is 14.4. The van der Waals surface area contributed by atoms with E-state index in [2.05, 4.69) is 53.4 Å². The van der Waals surface area contributed by atoms with E-state index in [9.17, 15) is 0 Å². The molecule has 104 valence electrons. The van der Waals surface area contributed by atoms with Crippen LogP contribution in [0.2, 0.25) is 0 Å². The van der Waals surface area contributed by atoms with Gasteiger partial charge in [0.2, 0.25) is 0 Å². The Bertz CT molecular complexity index is 532. The Balaban J connectivity index is 1.92. The topological polar surface area (TPSA) is 12.5 Å². The van der Waals surface area contributed by atoms with Gasteiger partial charge in [0.1, 0.15) is 0 Å². The standard InChI is InChI=1S/C18H21NO/c1-2-20-12-11-19-13-15-7-3-5-9-17(15)18-10-6-4-8-16(18)14-19/h3-10H,2,11-14H2,1H3. The lowest BCUT2D eigenvalue weighted by molar-refractivity contribution is 0.108. The van der Waals surface area contributed by atoms with Crippen molar-refractivity contribution >= 4 is 0 Å². The number of nitrogens with zero attached hydrogens (tertiary/aromatic N) is 1. The van der Waals surface area contributed by atoms with Crippen LogP contribution in [0.5, 0.6) is 0 Å². The lowest BCUT2D eigenvalue weighted by atomic mass is 9.97. The first-order valence-electron chi connectivity index (χ1n) is 7.34. The Hall–Kier alpha value is -1.64. The maximum Gasteiger partial charge on any atom is 0.0593 e. The molecule has 2 heteroatoms. The molecule has 0 radical (unpaired) electrons. The highest BCUT2D eigenvalue weighted by molar-refractivity contribution is 5.71. The van der Waals surface area contributed by atoms with E-state index < -0.39 is 0 Å². The zero-order valence-electron chi connectivity index (χ0n) is 12.0. The second kappa shape index (κ2) is 6.21. The average Bonchev–Trinajstić information content (AvgIpc) is 2.64. The lowest BCUT2D eigenvalue weighted by Crippen LogP contribution is -2.26. The molecule has 3 rings (SSSR count). The molecule has 0 bridgehead atoms. The molecule has 0 atom stereocenters. The van der Waals surface area contributed by atoms with E-state index >= 15 is 0 Å². The Morgan fingerprint density at radius 3 is 2.00 bits per heavy atom. The summed E-state index contributed by atoms with van der Waals surface area (Å²) in [4.78, 5) is 2.47. The van der Waals surface area contributed by atoms with Crippen LogP contribution in [-0.2, 0) is 17.8 Å². The summed E-state index contributed by atoms with van der Waals surface area (Å²) in [6.07, 6.45) is 0. The summed E-state index contributed by atoms with van der Waals surface area (Å²) in [5, 5.41) is 0. The van der Waals surface area contributed by atoms with Crippen LogP contribution in [0.4, 0.5) is 0 Å². The monoisotopic (exact) mass is 267 g/mol. The molecule has 0 spiro atoms. The minimum atomic E-state index is 0.793. The summed E-state index contributed by atoms with van der Waals surface area (Å²) in [5.41, 5.74) is 5.58. The highest BCUT2D eigenvalue weighted by Gasteiger charge is 2.18. The van der Waals surface area contributed by atoms with E-state index in [1.165, 1.54) is 22.3 Å². The van der Waals surface area contributed by atoms with Crippen molar-refractivity contribution in [3.8, 4) is 11.1 Å².